The maximum atomic E-state index is 11.5. The van der Waals surface area contributed by atoms with Crippen LogP contribution in [0.4, 0.5) is 10.5 Å². The molecule has 0 aliphatic rings. The molecule has 0 aliphatic carbocycles. The normalized spacial score (nSPS) is 10.7. The predicted octanol–water partition coefficient (Wildman–Crippen LogP) is 2.33. The number of hydrogen-bond acceptors (Lipinski definition) is 4. The number of urea groups is 1. The Balaban J connectivity index is 2.79. The van der Waals surface area contributed by atoms with Gasteiger partial charge in [0.1, 0.15) is 17.8 Å². The highest BCUT2D eigenvalue weighted by Crippen LogP contribution is 2.24. The van der Waals surface area contributed by atoms with E-state index in [0.717, 1.165) is 0 Å². The Morgan fingerprint density at radius 3 is 2.42 bits per heavy atom. The summed E-state index contributed by atoms with van der Waals surface area (Å²) >= 11 is 11.5. The first-order valence-electron chi connectivity index (χ1n) is 4.81. The van der Waals surface area contributed by atoms with Gasteiger partial charge < -0.3 is 11.1 Å². The molecular weight excluding hydrogens is 289 g/mol. The van der Waals surface area contributed by atoms with E-state index in [1.807, 2.05) is 0 Å². The lowest BCUT2D eigenvalue weighted by Crippen LogP contribution is -2.29. The highest BCUT2D eigenvalue weighted by Gasteiger charge is 2.08. The maximum Gasteiger partial charge on any atom is 0.324 e. The Morgan fingerprint density at radius 1 is 1.21 bits per heavy atom. The monoisotopic (exact) mass is 295 g/mol. The largest absolute Gasteiger partial charge is 0.388 e. The van der Waals surface area contributed by atoms with E-state index in [1.54, 1.807) is 12.1 Å². The first-order valence-corrected chi connectivity index (χ1v) is 5.56. The quantitative estimate of drug-likeness (QED) is 0.726. The second kappa shape index (κ2) is 6.50. The summed E-state index contributed by atoms with van der Waals surface area (Å²) in [6, 6.07) is 6.90. The summed E-state index contributed by atoms with van der Waals surface area (Å²) in [4.78, 5) is 11.5. The van der Waals surface area contributed by atoms with Crippen LogP contribution in [-0.4, -0.2) is 6.03 Å². The van der Waals surface area contributed by atoms with Crippen LogP contribution >= 0.6 is 23.2 Å². The molecule has 1 rings (SSSR count). The summed E-state index contributed by atoms with van der Waals surface area (Å²) in [7, 11) is 0. The highest BCUT2D eigenvalue weighted by molar-refractivity contribution is 6.42. The zero-order valence-corrected chi connectivity index (χ0v) is 10.9. The van der Waals surface area contributed by atoms with Crippen molar-refractivity contribution in [2.75, 3.05) is 5.32 Å². The number of allylic oxidation sites excluding steroid dienone is 2. The fraction of sp³-hybridized carbons (Fsp3) is 0. The van der Waals surface area contributed by atoms with E-state index in [9.17, 15) is 4.79 Å². The van der Waals surface area contributed by atoms with Crippen LogP contribution in [0.2, 0.25) is 10.0 Å². The third-order valence-electron chi connectivity index (χ3n) is 1.92. The molecule has 0 heterocycles. The number of hydrogen-bond donors (Lipinski definition) is 3. The minimum atomic E-state index is -0.729. The molecule has 0 saturated heterocycles. The zero-order chi connectivity index (χ0) is 14.4. The van der Waals surface area contributed by atoms with Gasteiger partial charge in [-0.2, -0.15) is 10.5 Å². The number of rotatable bonds is 2. The molecule has 0 aliphatic heterocycles. The molecule has 0 spiro atoms. The molecule has 4 N–H and O–H groups in total. The third kappa shape index (κ3) is 4.07. The summed E-state index contributed by atoms with van der Waals surface area (Å²) in [5, 5.41) is 22.4. The van der Waals surface area contributed by atoms with E-state index in [-0.39, 0.29) is 16.4 Å². The van der Waals surface area contributed by atoms with Gasteiger partial charge in [0, 0.05) is 5.69 Å². The summed E-state index contributed by atoms with van der Waals surface area (Å²) in [6.45, 7) is 0. The Labute approximate surface area is 119 Å². The molecule has 0 unspecified atom stereocenters. The fourth-order valence-corrected chi connectivity index (χ4v) is 1.36. The first kappa shape index (κ1) is 14.7. The molecule has 0 radical (unpaired) electrons. The lowest BCUT2D eigenvalue weighted by molar-refractivity contribution is 0.254. The SMILES string of the molecule is N#C/C(N)=C(\C#N)NC(=O)Nc1ccc(Cl)c(Cl)c1. The molecule has 0 atom stereocenters. The lowest BCUT2D eigenvalue weighted by atomic mass is 10.3. The lowest BCUT2D eigenvalue weighted by Gasteiger charge is -2.07. The minimum Gasteiger partial charge on any atom is -0.388 e. The van der Waals surface area contributed by atoms with Gasteiger partial charge in [-0.3, -0.25) is 5.32 Å². The summed E-state index contributed by atoms with van der Waals surface area (Å²) in [5.41, 5.74) is 4.89. The van der Waals surface area contributed by atoms with Crippen LogP contribution < -0.4 is 16.4 Å². The number of benzene rings is 1. The average molecular weight is 296 g/mol. The average Bonchev–Trinajstić information content (AvgIpc) is 2.39. The van der Waals surface area contributed by atoms with Crippen molar-refractivity contribution in [3.63, 3.8) is 0 Å². The zero-order valence-electron chi connectivity index (χ0n) is 9.37. The number of anilines is 1. The number of nitrogens with one attached hydrogen (secondary N) is 2. The van der Waals surface area contributed by atoms with E-state index in [2.05, 4.69) is 10.6 Å². The van der Waals surface area contributed by atoms with Gasteiger partial charge in [0.2, 0.25) is 0 Å². The van der Waals surface area contributed by atoms with Crippen LogP contribution in [0, 0.1) is 22.7 Å². The first-order chi connectivity index (χ1) is 8.97. The van der Waals surface area contributed by atoms with Gasteiger partial charge in [0.25, 0.3) is 0 Å². The predicted molar refractivity (Wildman–Crippen MR) is 71.1 cm³/mol. The van der Waals surface area contributed by atoms with Crippen LogP contribution in [0.1, 0.15) is 0 Å². The maximum absolute atomic E-state index is 11.5. The molecule has 2 amide bonds. The molecule has 0 fully saturated rings. The van der Waals surface area contributed by atoms with Gasteiger partial charge in [0.05, 0.1) is 10.0 Å². The molecule has 1 aromatic carbocycles. The molecule has 96 valence electrons. The number of nitrogens with two attached hydrogens (primary N) is 1. The Hall–Kier alpha value is -2.41. The number of nitriles is 2. The second-order valence-electron chi connectivity index (χ2n) is 3.22. The molecule has 6 nitrogen and oxygen atoms in total. The fourth-order valence-electron chi connectivity index (χ4n) is 1.06. The van der Waals surface area contributed by atoms with Crippen molar-refractivity contribution in [2.45, 2.75) is 0 Å². The van der Waals surface area contributed by atoms with Gasteiger partial charge in [-0.1, -0.05) is 23.2 Å². The van der Waals surface area contributed by atoms with Crippen LogP contribution in [0.15, 0.2) is 29.6 Å². The number of carbonyl (C=O) groups is 1. The number of carbonyl (C=O) groups excluding carboxylic acids is 1. The topological polar surface area (TPSA) is 115 Å². The van der Waals surface area contributed by atoms with Crippen molar-refractivity contribution in [3.8, 4) is 12.1 Å². The van der Waals surface area contributed by atoms with E-state index in [1.165, 1.54) is 18.2 Å². The highest BCUT2D eigenvalue weighted by atomic mass is 35.5. The third-order valence-corrected chi connectivity index (χ3v) is 2.66. The van der Waals surface area contributed by atoms with Crippen molar-refractivity contribution >= 4 is 34.9 Å². The van der Waals surface area contributed by atoms with Crippen molar-refractivity contribution in [2.24, 2.45) is 5.73 Å². The van der Waals surface area contributed by atoms with Crippen molar-refractivity contribution in [1.82, 2.24) is 5.32 Å². The smallest absolute Gasteiger partial charge is 0.324 e. The van der Waals surface area contributed by atoms with Gasteiger partial charge >= 0.3 is 6.03 Å². The summed E-state index contributed by atoms with van der Waals surface area (Å²) < 4.78 is 0. The van der Waals surface area contributed by atoms with E-state index < -0.39 is 6.03 Å². The van der Waals surface area contributed by atoms with E-state index in [4.69, 9.17) is 39.5 Å². The van der Waals surface area contributed by atoms with Crippen molar-refractivity contribution in [1.29, 1.82) is 10.5 Å². The van der Waals surface area contributed by atoms with Gasteiger partial charge in [-0.25, -0.2) is 4.79 Å². The molecule has 1 aromatic rings. The van der Waals surface area contributed by atoms with E-state index in [0.29, 0.717) is 10.7 Å². The standard InChI is InChI=1S/C11H7Cl2N5O/c12-7-2-1-6(3-8(7)13)17-11(19)18-10(5-15)9(16)4-14/h1-3H,16H2,(H2,17,18,19)/b10-9-. The number of amides is 2. The summed E-state index contributed by atoms with van der Waals surface area (Å²) in [5.74, 6) is 0. The van der Waals surface area contributed by atoms with Gasteiger partial charge in [-0.05, 0) is 18.2 Å². The van der Waals surface area contributed by atoms with Gasteiger partial charge in [-0.15, -0.1) is 0 Å². The molecular formula is C11H7Cl2N5O. The number of nitrogens with zero attached hydrogens (tertiary/aromatic N) is 2. The minimum absolute atomic E-state index is 0.270. The molecule has 0 saturated carbocycles. The van der Waals surface area contributed by atoms with Gasteiger partial charge in [0.15, 0.2) is 5.70 Å². The number of halogens is 2. The Morgan fingerprint density at radius 2 is 1.89 bits per heavy atom. The van der Waals surface area contributed by atoms with E-state index >= 15 is 0 Å². The van der Waals surface area contributed by atoms with Crippen LogP contribution in [0.5, 0.6) is 0 Å². The Bertz CT molecular complexity index is 627. The van der Waals surface area contributed by atoms with Crippen LogP contribution in [0.25, 0.3) is 0 Å². The molecule has 8 heteroatoms. The Kier molecular flexibility index (Phi) is 5.01. The van der Waals surface area contributed by atoms with Crippen molar-refractivity contribution < 1.29 is 4.79 Å². The second-order valence-corrected chi connectivity index (χ2v) is 4.03. The molecule has 0 aromatic heterocycles. The van der Waals surface area contributed by atoms with Crippen molar-refractivity contribution in [3.05, 3.63) is 39.6 Å². The van der Waals surface area contributed by atoms with Crippen LogP contribution in [-0.2, 0) is 0 Å². The molecule has 19 heavy (non-hydrogen) atoms. The van der Waals surface area contributed by atoms with Crippen LogP contribution in [0.3, 0.4) is 0 Å². The molecule has 0 bridgehead atoms. The summed E-state index contributed by atoms with van der Waals surface area (Å²) in [6.07, 6.45) is 0.